The van der Waals surface area contributed by atoms with E-state index in [0.29, 0.717) is 5.92 Å². The predicted molar refractivity (Wildman–Crippen MR) is 116 cm³/mol. The van der Waals surface area contributed by atoms with Gasteiger partial charge in [-0.25, -0.2) is 0 Å². The third kappa shape index (κ3) is 7.62. The SMILES string of the molecule is C.C.O=C(COc1ccc2ccccc2c1)NCC1CCCCCCCC1. The summed E-state index contributed by atoms with van der Waals surface area (Å²) in [6.07, 6.45) is 10.5. The molecule has 1 fully saturated rings. The van der Waals surface area contributed by atoms with E-state index >= 15 is 0 Å². The molecular weight excluding hydrogens is 334 g/mol. The monoisotopic (exact) mass is 371 g/mol. The Morgan fingerprint density at radius 3 is 2.22 bits per heavy atom. The first-order chi connectivity index (χ1) is 12.3. The zero-order valence-corrected chi connectivity index (χ0v) is 15.0. The molecule has 2 aromatic rings. The van der Waals surface area contributed by atoms with Crippen LogP contribution in [0.15, 0.2) is 42.5 Å². The largest absolute Gasteiger partial charge is 0.484 e. The van der Waals surface area contributed by atoms with E-state index in [1.165, 1.54) is 56.8 Å². The second-order valence-corrected chi connectivity index (χ2v) is 7.17. The number of carbonyl (C=O) groups excluding carboxylic acids is 1. The molecule has 27 heavy (non-hydrogen) atoms. The van der Waals surface area contributed by atoms with Crippen LogP contribution in [0, 0.1) is 5.92 Å². The molecule has 3 heteroatoms. The van der Waals surface area contributed by atoms with Crippen molar-refractivity contribution in [1.29, 1.82) is 0 Å². The Morgan fingerprint density at radius 2 is 1.52 bits per heavy atom. The van der Waals surface area contributed by atoms with Crippen LogP contribution < -0.4 is 10.1 Å². The average molecular weight is 372 g/mol. The maximum atomic E-state index is 12.1. The Balaban J connectivity index is 0.00000182. The second kappa shape index (κ2) is 12.4. The summed E-state index contributed by atoms with van der Waals surface area (Å²) in [5.74, 6) is 1.35. The highest BCUT2D eigenvalue weighted by atomic mass is 16.5. The Hall–Kier alpha value is -2.03. The van der Waals surface area contributed by atoms with E-state index in [-0.39, 0.29) is 27.4 Å². The van der Waals surface area contributed by atoms with Crippen molar-refractivity contribution in [2.45, 2.75) is 66.2 Å². The third-order valence-electron chi connectivity index (χ3n) is 5.15. The molecule has 1 aliphatic rings. The molecule has 0 saturated heterocycles. The van der Waals surface area contributed by atoms with E-state index < -0.39 is 0 Å². The van der Waals surface area contributed by atoms with Crippen LogP contribution in [0.25, 0.3) is 10.8 Å². The summed E-state index contributed by atoms with van der Waals surface area (Å²) in [6, 6.07) is 14.1. The van der Waals surface area contributed by atoms with E-state index in [1.54, 1.807) is 0 Å². The number of carbonyl (C=O) groups is 1. The van der Waals surface area contributed by atoms with Gasteiger partial charge in [0, 0.05) is 6.54 Å². The number of hydrogen-bond acceptors (Lipinski definition) is 2. The van der Waals surface area contributed by atoms with Gasteiger partial charge < -0.3 is 10.1 Å². The Bertz CT molecular complexity index is 673. The molecule has 1 amide bonds. The Labute approximate surface area is 165 Å². The standard InChI is InChI=1S/C22H29NO2.2CH4/c24-22(23-16-18-9-5-3-1-2-4-6-10-18)17-25-21-14-13-19-11-7-8-12-20(19)15-21;;/h7-8,11-15,18H,1-6,9-10,16-17H2,(H,23,24);2*1H4. The van der Waals surface area contributed by atoms with Crippen molar-refractivity contribution < 1.29 is 9.53 Å². The summed E-state index contributed by atoms with van der Waals surface area (Å²) in [6.45, 7) is 0.880. The van der Waals surface area contributed by atoms with Crippen LogP contribution >= 0.6 is 0 Å². The lowest BCUT2D eigenvalue weighted by Crippen LogP contribution is -2.33. The van der Waals surface area contributed by atoms with Crippen molar-refractivity contribution in [3.63, 3.8) is 0 Å². The van der Waals surface area contributed by atoms with Crippen molar-refractivity contribution >= 4 is 16.7 Å². The number of fused-ring (bicyclic) bond motifs is 1. The first-order valence-electron chi connectivity index (χ1n) is 9.69. The Morgan fingerprint density at radius 1 is 0.889 bits per heavy atom. The van der Waals surface area contributed by atoms with E-state index in [9.17, 15) is 4.79 Å². The number of benzene rings is 2. The van der Waals surface area contributed by atoms with Gasteiger partial charge in [0.2, 0.25) is 0 Å². The van der Waals surface area contributed by atoms with Crippen LogP contribution in [0.5, 0.6) is 5.75 Å². The lowest BCUT2D eigenvalue weighted by atomic mass is 9.97. The summed E-state index contributed by atoms with van der Waals surface area (Å²) in [5.41, 5.74) is 0. The van der Waals surface area contributed by atoms with Crippen LogP contribution in [0.3, 0.4) is 0 Å². The summed E-state index contributed by atoms with van der Waals surface area (Å²) in [5, 5.41) is 5.38. The van der Waals surface area contributed by atoms with Crippen LogP contribution in [0.2, 0.25) is 0 Å². The molecule has 0 aliphatic heterocycles. The molecular formula is C24H37NO2. The van der Waals surface area contributed by atoms with Gasteiger partial charge in [0.25, 0.3) is 5.91 Å². The van der Waals surface area contributed by atoms with Crippen molar-refractivity contribution in [2.24, 2.45) is 5.92 Å². The van der Waals surface area contributed by atoms with Crippen molar-refractivity contribution in [1.82, 2.24) is 5.32 Å². The normalized spacial score (nSPS) is 15.4. The van der Waals surface area contributed by atoms with Crippen molar-refractivity contribution in [3.05, 3.63) is 42.5 Å². The maximum Gasteiger partial charge on any atom is 0.257 e. The highest BCUT2D eigenvalue weighted by Crippen LogP contribution is 2.22. The summed E-state index contributed by atoms with van der Waals surface area (Å²) in [4.78, 5) is 12.1. The highest BCUT2D eigenvalue weighted by molar-refractivity contribution is 5.84. The zero-order valence-electron chi connectivity index (χ0n) is 15.0. The topological polar surface area (TPSA) is 38.3 Å². The summed E-state index contributed by atoms with van der Waals surface area (Å²) < 4.78 is 5.67. The third-order valence-corrected chi connectivity index (χ3v) is 5.15. The van der Waals surface area contributed by atoms with Gasteiger partial charge in [-0.1, -0.05) is 83.7 Å². The van der Waals surface area contributed by atoms with E-state index in [4.69, 9.17) is 4.74 Å². The molecule has 3 nitrogen and oxygen atoms in total. The minimum Gasteiger partial charge on any atom is -0.484 e. The van der Waals surface area contributed by atoms with E-state index in [2.05, 4.69) is 17.4 Å². The van der Waals surface area contributed by atoms with Crippen molar-refractivity contribution in [2.75, 3.05) is 13.2 Å². The number of nitrogens with one attached hydrogen (secondary N) is 1. The van der Waals surface area contributed by atoms with Gasteiger partial charge in [-0.15, -0.1) is 0 Å². The molecule has 0 spiro atoms. The fraction of sp³-hybridized carbons (Fsp3) is 0.542. The van der Waals surface area contributed by atoms with Gasteiger partial charge in [-0.3, -0.25) is 4.79 Å². The van der Waals surface area contributed by atoms with E-state index in [1.807, 2.05) is 30.3 Å². The average Bonchev–Trinajstić information content (AvgIpc) is 2.78. The number of amides is 1. The predicted octanol–water partition coefficient (Wildman–Crippen LogP) is 6.36. The van der Waals surface area contributed by atoms with Crippen LogP contribution in [0.1, 0.15) is 66.2 Å². The molecule has 0 aromatic heterocycles. The summed E-state index contributed by atoms with van der Waals surface area (Å²) >= 11 is 0. The van der Waals surface area contributed by atoms with Gasteiger partial charge in [0.05, 0.1) is 0 Å². The molecule has 0 heterocycles. The first kappa shape index (κ1) is 23.0. The quantitative estimate of drug-likeness (QED) is 0.664. The van der Waals surface area contributed by atoms with Crippen LogP contribution in [-0.2, 0) is 4.79 Å². The van der Waals surface area contributed by atoms with Gasteiger partial charge in [-0.05, 0) is 41.7 Å². The second-order valence-electron chi connectivity index (χ2n) is 7.17. The van der Waals surface area contributed by atoms with Gasteiger partial charge in [-0.2, -0.15) is 0 Å². The molecule has 1 N–H and O–H groups in total. The Kier molecular flexibility index (Phi) is 10.5. The molecule has 2 aromatic carbocycles. The molecule has 0 unspecified atom stereocenters. The molecule has 1 saturated carbocycles. The van der Waals surface area contributed by atoms with Crippen molar-refractivity contribution in [3.8, 4) is 5.75 Å². The van der Waals surface area contributed by atoms with Gasteiger partial charge in [0.15, 0.2) is 6.61 Å². The van der Waals surface area contributed by atoms with E-state index in [0.717, 1.165) is 17.7 Å². The number of rotatable bonds is 5. The van der Waals surface area contributed by atoms with Crippen LogP contribution in [0.4, 0.5) is 0 Å². The molecule has 0 radical (unpaired) electrons. The molecule has 0 bridgehead atoms. The smallest absolute Gasteiger partial charge is 0.257 e. The maximum absolute atomic E-state index is 12.1. The van der Waals surface area contributed by atoms with Crippen LogP contribution in [-0.4, -0.2) is 19.1 Å². The summed E-state index contributed by atoms with van der Waals surface area (Å²) in [7, 11) is 0. The molecule has 150 valence electrons. The minimum absolute atomic E-state index is 0. The highest BCUT2D eigenvalue weighted by Gasteiger charge is 2.12. The molecule has 0 atom stereocenters. The fourth-order valence-electron chi connectivity index (χ4n) is 3.64. The molecule has 3 rings (SSSR count). The van der Waals surface area contributed by atoms with Gasteiger partial charge in [0.1, 0.15) is 5.75 Å². The number of hydrogen-bond donors (Lipinski definition) is 1. The zero-order chi connectivity index (χ0) is 17.3. The lowest BCUT2D eigenvalue weighted by Gasteiger charge is -2.16. The fourth-order valence-corrected chi connectivity index (χ4v) is 3.64. The lowest BCUT2D eigenvalue weighted by molar-refractivity contribution is -0.123. The van der Waals surface area contributed by atoms with Gasteiger partial charge >= 0.3 is 0 Å². The first-order valence-corrected chi connectivity index (χ1v) is 9.69. The molecule has 1 aliphatic carbocycles. The number of ether oxygens (including phenoxy) is 1. The minimum atomic E-state index is -0.0203.